The van der Waals surface area contributed by atoms with Crippen LogP contribution in [-0.4, -0.2) is 26.9 Å². The highest BCUT2D eigenvalue weighted by Crippen LogP contribution is 2.42. The number of rotatable bonds is 4. The van der Waals surface area contributed by atoms with Crippen LogP contribution in [0.25, 0.3) is 0 Å². The molecule has 1 atom stereocenters. The van der Waals surface area contributed by atoms with Crippen molar-refractivity contribution in [3.63, 3.8) is 0 Å². The Morgan fingerprint density at radius 1 is 1.39 bits per heavy atom. The van der Waals surface area contributed by atoms with Gasteiger partial charge in [0.1, 0.15) is 5.75 Å². The van der Waals surface area contributed by atoms with E-state index in [0.717, 1.165) is 16.9 Å². The number of methoxy groups -OCH3 is 1. The Balaban J connectivity index is 2.43. The molecule has 1 aromatic rings. The van der Waals surface area contributed by atoms with Crippen LogP contribution in [0.1, 0.15) is 22.7 Å². The second kappa shape index (κ2) is 4.88. The molecule has 4 N–H and O–H groups in total. The van der Waals surface area contributed by atoms with Crippen LogP contribution in [0, 0.1) is 19.3 Å². The predicted molar refractivity (Wildman–Crippen MR) is 71.7 cm³/mol. The fraction of sp³-hybridized carbons (Fsp3) is 0.571. The lowest BCUT2D eigenvalue weighted by Crippen LogP contribution is -2.55. The van der Waals surface area contributed by atoms with E-state index in [9.17, 15) is 0 Å². The quantitative estimate of drug-likeness (QED) is 0.844. The highest BCUT2D eigenvalue weighted by molar-refractivity contribution is 5.46. The highest BCUT2D eigenvalue weighted by Gasteiger charge is 2.44. The van der Waals surface area contributed by atoms with E-state index >= 15 is 0 Å². The van der Waals surface area contributed by atoms with Gasteiger partial charge in [0.2, 0.25) is 0 Å². The van der Waals surface area contributed by atoms with Crippen molar-refractivity contribution in [2.75, 3.05) is 26.9 Å². The number of nitrogens with two attached hydrogens (primary N) is 2. The molecular weight excluding hydrogens is 228 g/mol. The molecule has 0 aromatic heterocycles. The smallest absolute Gasteiger partial charge is 0.126 e. The van der Waals surface area contributed by atoms with Crippen molar-refractivity contribution in [2.45, 2.75) is 19.9 Å². The predicted octanol–water partition coefficient (Wildman–Crippen LogP) is 1.29. The molecule has 4 heteroatoms. The largest absolute Gasteiger partial charge is 0.496 e. The average molecular weight is 250 g/mol. The second-order valence-electron chi connectivity index (χ2n) is 5.24. The summed E-state index contributed by atoms with van der Waals surface area (Å²) in [6, 6.07) is 4.04. The van der Waals surface area contributed by atoms with E-state index < -0.39 is 0 Å². The summed E-state index contributed by atoms with van der Waals surface area (Å²) in [4.78, 5) is 0. The summed E-state index contributed by atoms with van der Waals surface area (Å²) in [5.41, 5.74) is 15.5. The molecule has 2 rings (SSSR count). The summed E-state index contributed by atoms with van der Waals surface area (Å²) in [5, 5.41) is 0. The van der Waals surface area contributed by atoms with Crippen molar-refractivity contribution in [1.29, 1.82) is 0 Å². The van der Waals surface area contributed by atoms with Gasteiger partial charge in [0.15, 0.2) is 0 Å². The van der Waals surface area contributed by atoms with E-state index in [1.165, 1.54) is 5.56 Å². The lowest BCUT2D eigenvalue weighted by molar-refractivity contribution is -0.121. The minimum atomic E-state index is -0.148. The lowest BCUT2D eigenvalue weighted by atomic mass is 9.75. The maximum absolute atomic E-state index is 6.42. The van der Waals surface area contributed by atoms with Gasteiger partial charge in [0.25, 0.3) is 0 Å². The van der Waals surface area contributed by atoms with E-state index in [1.807, 2.05) is 6.92 Å². The molecule has 1 heterocycles. The van der Waals surface area contributed by atoms with Crippen LogP contribution in [-0.2, 0) is 4.74 Å². The molecule has 1 aliphatic rings. The zero-order chi connectivity index (χ0) is 13.3. The third-order valence-electron chi connectivity index (χ3n) is 3.83. The topological polar surface area (TPSA) is 70.5 Å². The van der Waals surface area contributed by atoms with Crippen LogP contribution in [0.3, 0.4) is 0 Å². The molecule has 4 nitrogen and oxygen atoms in total. The van der Waals surface area contributed by atoms with E-state index in [0.29, 0.717) is 19.8 Å². The van der Waals surface area contributed by atoms with Crippen LogP contribution in [0.4, 0.5) is 0 Å². The first-order valence-corrected chi connectivity index (χ1v) is 6.22. The molecule has 0 bridgehead atoms. The van der Waals surface area contributed by atoms with Crippen LogP contribution in [0.15, 0.2) is 12.1 Å². The van der Waals surface area contributed by atoms with Crippen LogP contribution in [0.2, 0.25) is 0 Å². The van der Waals surface area contributed by atoms with Gasteiger partial charge in [-0.3, -0.25) is 0 Å². The minimum absolute atomic E-state index is 0.145. The summed E-state index contributed by atoms with van der Waals surface area (Å²) in [6.45, 7) is 5.88. The molecule has 0 aliphatic carbocycles. The zero-order valence-electron chi connectivity index (χ0n) is 11.3. The molecule has 1 aromatic carbocycles. The normalized spacial score (nSPS) is 19.2. The first-order valence-electron chi connectivity index (χ1n) is 6.22. The van der Waals surface area contributed by atoms with Crippen molar-refractivity contribution in [1.82, 2.24) is 0 Å². The molecule has 0 radical (unpaired) electrons. The molecule has 1 aliphatic heterocycles. The van der Waals surface area contributed by atoms with Gasteiger partial charge < -0.3 is 20.9 Å². The average Bonchev–Trinajstić information content (AvgIpc) is 2.27. The standard InChI is InChI=1S/C14H22N2O2/c1-9-4-10(2)12(17-3)11(5-9)13(16)14(6-15)7-18-8-14/h4-5,13H,6-8,15-16H2,1-3H3. The second-order valence-corrected chi connectivity index (χ2v) is 5.24. The lowest BCUT2D eigenvalue weighted by Gasteiger charge is -2.45. The third kappa shape index (κ3) is 2.00. The summed E-state index contributed by atoms with van der Waals surface area (Å²) < 4.78 is 10.8. The summed E-state index contributed by atoms with van der Waals surface area (Å²) in [5.74, 6) is 0.868. The van der Waals surface area contributed by atoms with Gasteiger partial charge in [0, 0.05) is 23.6 Å². The van der Waals surface area contributed by atoms with Gasteiger partial charge >= 0.3 is 0 Å². The van der Waals surface area contributed by atoms with Gasteiger partial charge in [-0.15, -0.1) is 0 Å². The number of hydrogen-bond acceptors (Lipinski definition) is 4. The SMILES string of the molecule is COc1c(C)cc(C)cc1C(N)C1(CN)COC1. The highest BCUT2D eigenvalue weighted by atomic mass is 16.5. The van der Waals surface area contributed by atoms with E-state index in [4.69, 9.17) is 20.9 Å². The van der Waals surface area contributed by atoms with Gasteiger partial charge in [-0.1, -0.05) is 17.7 Å². The minimum Gasteiger partial charge on any atom is -0.496 e. The Hall–Kier alpha value is -1.10. The summed E-state index contributed by atoms with van der Waals surface area (Å²) >= 11 is 0. The molecule has 1 fully saturated rings. The monoisotopic (exact) mass is 250 g/mol. The van der Waals surface area contributed by atoms with Crippen molar-refractivity contribution < 1.29 is 9.47 Å². The fourth-order valence-corrected chi connectivity index (χ4v) is 2.62. The van der Waals surface area contributed by atoms with Crippen molar-refractivity contribution in [3.8, 4) is 5.75 Å². The molecule has 0 amide bonds. The van der Waals surface area contributed by atoms with Gasteiger partial charge in [-0.05, 0) is 19.4 Å². The molecule has 1 unspecified atom stereocenters. The maximum Gasteiger partial charge on any atom is 0.126 e. The Kier molecular flexibility index (Phi) is 3.61. The van der Waals surface area contributed by atoms with Gasteiger partial charge in [0.05, 0.1) is 20.3 Å². The van der Waals surface area contributed by atoms with Crippen molar-refractivity contribution >= 4 is 0 Å². The van der Waals surface area contributed by atoms with E-state index in [-0.39, 0.29) is 11.5 Å². The Bertz CT molecular complexity index is 436. The first kappa shape index (κ1) is 13.3. The molecule has 100 valence electrons. The summed E-state index contributed by atoms with van der Waals surface area (Å²) in [6.07, 6.45) is 0. The van der Waals surface area contributed by atoms with E-state index in [2.05, 4.69) is 19.1 Å². The van der Waals surface area contributed by atoms with Crippen LogP contribution >= 0.6 is 0 Å². The number of aryl methyl sites for hydroxylation is 2. The Morgan fingerprint density at radius 2 is 2.06 bits per heavy atom. The number of hydrogen-bond donors (Lipinski definition) is 2. The Morgan fingerprint density at radius 3 is 2.50 bits per heavy atom. The third-order valence-corrected chi connectivity index (χ3v) is 3.83. The number of ether oxygens (including phenoxy) is 2. The molecule has 0 spiro atoms. The van der Waals surface area contributed by atoms with E-state index in [1.54, 1.807) is 7.11 Å². The van der Waals surface area contributed by atoms with Gasteiger partial charge in [-0.2, -0.15) is 0 Å². The summed E-state index contributed by atoms with van der Waals surface area (Å²) in [7, 11) is 1.68. The fourth-order valence-electron chi connectivity index (χ4n) is 2.62. The van der Waals surface area contributed by atoms with Crippen molar-refractivity contribution in [2.24, 2.45) is 16.9 Å². The molecule has 0 saturated carbocycles. The van der Waals surface area contributed by atoms with Gasteiger partial charge in [-0.25, -0.2) is 0 Å². The van der Waals surface area contributed by atoms with Crippen LogP contribution in [0.5, 0.6) is 5.75 Å². The molecular formula is C14H22N2O2. The van der Waals surface area contributed by atoms with Crippen molar-refractivity contribution in [3.05, 3.63) is 28.8 Å². The maximum atomic E-state index is 6.42. The molecule has 1 saturated heterocycles. The zero-order valence-corrected chi connectivity index (χ0v) is 11.3. The Labute approximate surface area is 108 Å². The molecule has 18 heavy (non-hydrogen) atoms. The van der Waals surface area contributed by atoms with Crippen LogP contribution < -0.4 is 16.2 Å². The number of benzene rings is 1. The first-order chi connectivity index (χ1) is 8.54.